The molecule has 0 saturated carbocycles. The van der Waals surface area contributed by atoms with E-state index >= 15 is 0 Å². The minimum absolute atomic E-state index is 0.0490. The van der Waals surface area contributed by atoms with Gasteiger partial charge in [-0.05, 0) is 35.1 Å². The number of rotatable bonds is 6. The summed E-state index contributed by atoms with van der Waals surface area (Å²) in [5.41, 5.74) is 2.91. The van der Waals surface area contributed by atoms with Gasteiger partial charge in [0.05, 0.1) is 0 Å². The quantitative estimate of drug-likeness (QED) is 0.612. The van der Waals surface area contributed by atoms with Crippen LogP contribution in [0.15, 0.2) is 30.6 Å². The molecule has 2 aromatic rings. The maximum Gasteiger partial charge on any atom is 0.422 e. The fourth-order valence-corrected chi connectivity index (χ4v) is 2.68. The number of carbonyl (C=O) groups excluding carboxylic acids is 1. The summed E-state index contributed by atoms with van der Waals surface area (Å²) in [6.45, 7) is 6.41. The average molecular weight is 365 g/mol. The second-order valence-corrected chi connectivity index (χ2v) is 6.78. The Balaban J connectivity index is 2.74. The summed E-state index contributed by atoms with van der Waals surface area (Å²) in [7, 11) is 0. The average Bonchev–Trinajstić information content (AvgIpc) is 2.58. The summed E-state index contributed by atoms with van der Waals surface area (Å²) in [5, 5.41) is 0. The number of halogens is 3. The van der Waals surface area contributed by atoms with Crippen LogP contribution in [0.4, 0.5) is 13.2 Å². The first-order valence-electron chi connectivity index (χ1n) is 8.41. The van der Waals surface area contributed by atoms with Crippen molar-refractivity contribution < 1.29 is 22.7 Å². The van der Waals surface area contributed by atoms with E-state index in [1.165, 1.54) is 18.5 Å². The minimum atomic E-state index is -4.45. The molecule has 0 aliphatic rings. The molecule has 0 radical (unpaired) electrons. The Morgan fingerprint density at radius 1 is 1.12 bits per heavy atom. The predicted molar refractivity (Wildman–Crippen MR) is 94.8 cm³/mol. The van der Waals surface area contributed by atoms with Gasteiger partial charge in [0.2, 0.25) is 0 Å². The van der Waals surface area contributed by atoms with Gasteiger partial charge in [-0.1, -0.05) is 33.8 Å². The molecule has 0 N–H and O–H groups in total. The molecule has 1 aromatic heterocycles. The van der Waals surface area contributed by atoms with Crippen LogP contribution in [0.5, 0.6) is 5.75 Å². The van der Waals surface area contributed by atoms with Crippen molar-refractivity contribution in [2.75, 3.05) is 6.61 Å². The van der Waals surface area contributed by atoms with Crippen LogP contribution in [0.2, 0.25) is 0 Å². The molecule has 26 heavy (non-hydrogen) atoms. The molecule has 0 bridgehead atoms. The van der Waals surface area contributed by atoms with Gasteiger partial charge in [0.1, 0.15) is 5.75 Å². The Morgan fingerprint density at radius 3 is 2.35 bits per heavy atom. The zero-order valence-corrected chi connectivity index (χ0v) is 15.2. The fourth-order valence-electron chi connectivity index (χ4n) is 2.68. The summed E-state index contributed by atoms with van der Waals surface area (Å²) >= 11 is 0. The van der Waals surface area contributed by atoms with E-state index in [2.05, 4.69) is 4.98 Å². The Labute approximate surface area is 151 Å². The van der Waals surface area contributed by atoms with Crippen molar-refractivity contribution in [2.24, 2.45) is 0 Å². The highest BCUT2D eigenvalue weighted by atomic mass is 19.4. The number of nitrogens with zero attached hydrogens (tertiary/aromatic N) is 1. The van der Waals surface area contributed by atoms with Crippen molar-refractivity contribution in [3.63, 3.8) is 0 Å². The summed E-state index contributed by atoms with van der Waals surface area (Å²) in [4.78, 5) is 15.5. The monoisotopic (exact) mass is 365 g/mol. The molecule has 0 aliphatic carbocycles. The van der Waals surface area contributed by atoms with E-state index in [1.807, 2.05) is 33.8 Å². The van der Waals surface area contributed by atoms with Crippen LogP contribution in [0.25, 0.3) is 11.1 Å². The number of hydrogen-bond donors (Lipinski definition) is 0. The highest BCUT2D eigenvalue weighted by Crippen LogP contribution is 2.41. The first-order chi connectivity index (χ1) is 12.1. The van der Waals surface area contributed by atoms with E-state index in [1.54, 1.807) is 6.07 Å². The third-order valence-corrected chi connectivity index (χ3v) is 4.08. The number of carbonyl (C=O) groups is 1. The molecule has 1 aromatic carbocycles. The molecule has 3 nitrogen and oxygen atoms in total. The van der Waals surface area contributed by atoms with E-state index in [0.717, 1.165) is 5.56 Å². The van der Waals surface area contributed by atoms with Crippen molar-refractivity contribution >= 4 is 6.29 Å². The Morgan fingerprint density at radius 2 is 1.81 bits per heavy atom. The number of aldehydes is 1. The maximum absolute atomic E-state index is 12.8. The Kier molecular flexibility index (Phi) is 6.05. The summed E-state index contributed by atoms with van der Waals surface area (Å²) in [6, 6.07) is 5.20. The molecule has 0 fully saturated rings. The second kappa shape index (κ2) is 7.89. The van der Waals surface area contributed by atoms with E-state index < -0.39 is 12.8 Å². The highest BCUT2D eigenvalue weighted by molar-refractivity contribution is 5.89. The van der Waals surface area contributed by atoms with Crippen molar-refractivity contribution in [3.05, 3.63) is 47.3 Å². The molecule has 0 aliphatic heterocycles. The van der Waals surface area contributed by atoms with Crippen molar-refractivity contribution in [2.45, 2.75) is 45.7 Å². The first-order valence-corrected chi connectivity index (χ1v) is 8.41. The predicted octanol–water partition coefficient (Wildman–Crippen LogP) is 5.75. The lowest BCUT2D eigenvalue weighted by Crippen LogP contribution is -2.20. The van der Waals surface area contributed by atoms with Crippen LogP contribution in [-0.4, -0.2) is 24.1 Å². The number of benzene rings is 1. The molecular formula is C20H22F3NO2. The summed E-state index contributed by atoms with van der Waals surface area (Å²) < 4.78 is 43.5. The van der Waals surface area contributed by atoms with E-state index in [-0.39, 0.29) is 17.6 Å². The van der Waals surface area contributed by atoms with Crippen LogP contribution < -0.4 is 4.74 Å². The third-order valence-electron chi connectivity index (χ3n) is 4.08. The molecule has 0 atom stereocenters. The standard InChI is InChI=1S/C20H22F3NO2/c1-12(2)15-7-16(13(3)4)19(26-11-20(21,22)23)17(8-15)18-9-24-6-5-14(18)10-25/h5-10,12-13H,11H2,1-4H3. The lowest BCUT2D eigenvalue weighted by molar-refractivity contribution is -0.153. The summed E-state index contributed by atoms with van der Waals surface area (Å²) in [5.74, 6) is 0.268. The van der Waals surface area contributed by atoms with Crippen molar-refractivity contribution in [1.82, 2.24) is 4.98 Å². The van der Waals surface area contributed by atoms with Gasteiger partial charge in [-0.15, -0.1) is 0 Å². The molecule has 0 spiro atoms. The van der Waals surface area contributed by atoms with Crippen LogP contribution in [0.3, 0.4) is 0 Å². The number of pyridine rings is 1. The lowest BCUT2D eigenvalue weighted by Gasteiger charge is -2.22. The Bertz CT molecular complexity index is 783. The van der Waals surface area contributed by atoms with Crippen molar-refractivity contribution in [1.29, 1.82) is 0 Å². The van der Waals surface area contributed by atoms with Crippen LogP contribution in [-0.2, 0) is 0 Å². The number of hydrogen-bond acceptors (Lipinski definition) is 3. The van der Waals surface area contributed by atoms with Gasteiger partial charge in [-0.3, -0.25) is 9.78 Å². The minimum Gasteiger partial charge on any atom is -0.483 e. The normalized spacial score (nSPS) is 11.9. The smallest absolute Gasteiger partial charge is 0.422 e. The maximum atomic E-state index is 12.8. The van der Waals surface area contributed by atoms with Gasteiger partial charge >= 0.3 is 6.18 Å². The zero-order chi connectivity index (χ0) is 19.5. The van der Waals surface area contributed by atoms with E-state index in [4.69, 9.17) is 4.74 Å². The zero-order valence-electron chi connectivity index (χ0n) is 15.2. The van der Waals surface area contributed by atoms with E-state index in [0.29, 0.717) is 28.5 Å². The van der Waals surface area contributed by atoms with Crippen molar-refractivity contribution in [3.8, 4) is 16.9 Å². The Hall–Kier alpha value is -2.37. The second-order valence-electron chi connectivity index (χ2n) is 6.78. The van der Waals surface area contributed by atoms with Gasteiger partial charge < -0.3 is 4.74 Å². The molecule has 2 rings (SSSR count). The fraction of sp³-hybridized carbons (Fsp3) is 0.400. The van der Waals surface area contributed by atoms with Gasteiger partial charge in [-0.2, -0.15) is 13.2 Å². The number of alkyl halides is 3. The molecule has 6 heteroatoms. The van der Waals surface area contributed by atoms with Crippen LogP contribution in [0, 0.1) is 0 Å². The third kappa shape index (κ3) is 4.62. The van der Waals surface area contributed by atoms with Gasteiger partial charge in [0.25, 0.3) is 0 Å². The molecular weight excluding hydrogens is 343 g/mol. The number of aromatic nitrogens is 1. The SMILES string of the molecule is CC(C)c1cc(-c2cnccc2C=O)c(OCC(F)(F)F)c(C(C)C)c1. The molecule has 0 unspecified atom stereocenters. The molecule has 0 saturated heterocycles. The van der Waals surface area contributed by atoms with Crippen LogP contribution in [0.1, 0.15) is 61.0 Å². The topological polar surface area (TPSA) is 39.2 Å². The molecule has 1 heterocycles. The molecule has 140 valence electrons. The lowest BCUT2D eigenvalue weighted by atomic mass is 9.89. The van der Waals surface area contributed by atoms with E-state index in [9.17, 15) is 18.0 Å². The van der Waals surface area contributed by atoms with Gasteiger partial charge in [-0.25, -0.2) is 0 Å². The van der Waals surface area contributed by atoms with Crippen LogP contribution >= 0.6 is 0 Å². The van der Waals surface area contributed by atoms with Gasteiger partial charge in [0, 0.05) is 29.1 Å². The number of ether oxygens (including phenoxy) is 1. The molecule has 0 amide bonds. The first kappa shape index (κ1) is 19.9. The summed E-state index contributed by atoms with van der Waals surface area (Å²) in [6.07, 6.45) is -0.834. The highest BCUT2D eigenvalue weighted by Gasteiger charge is 2.30. The van der Waals surface area contributed by atoms with Gasteiger partial charge in [0.15, 0.2) is 12.9 Å². The largest absolute Gasteiger partial charge is 0.483 e.